The van der Waals surface area contributed by atoms with E-state index in [1.54, 1.807) is 6.07 Å². The van der Waals surface area contributed by atoms with Crippen molar-refractivity contribution in [1.29, 1.82) is 0 Å². The van der Waals surface area contributed by atoms with Crippen LogP contribution in [0.1, 0.15) is 0 Å². The third-order valence-corrected chi connectivity index (χ3v) is 2.81. The fraction of sp³-hybridized carbons (Fsp3) is 0.200. The molecule has 0 aliphatic carbocycles. The van der Waals surface area contributed by atoms with Crippen LogP contribution in [0.2, 0.25) is 0 Å². The quantitative estimate of drug-likeness (QED) is 0.893. The number of halogens is 1. The summed E-state index contributed by atoms with van der Waals surface area (Å²) in [7, 11) is 1.44. The molecule has 0 spiro atoms. The maximum Gasteiger partial charge on any atom is 0.252 e. The van der Waals surface area contributed by atoms with Gasteiger partial charge in [-0.2, -0.15) is 0 Å². The minimum absolute atomic E-state index is 0.0235. The van der Waals surface area contributed by atoms with Gasteiger partial charge < -0.3 is 4.74 Å². The summed E-state index contributed by atoms with van der Waals surface area (Å²) in [5.41, 5.74) is 0.666. The number of rotatable bonds is 3. The number of methoxy groups -OCH3 is 1. The Morgan fingerprint density at radius 3 is 3.19 bits per heavy atom. The predicted molar refractivity (Wildman–Crippen MR) is 60.1 cm³/mol. The van der Waals surface area contributed by atoms with Crippen LogP contribution >= 0.6 is 11.3 Å². The molecule has 0 aliphatic heterocycles. The molecule has 0 radical (unpaired) electrons. The van der Waals surface area contributed by atoms with E-state index in [9.17, 15) is 9.18 Å². The highest BCUT2D eigenvalue weighted by molar-refractivity contribution is 7.22. The van der Waals surface area contributed by atoms with Crippen LogP contribution in [0.15, 0.2) is 18.2 Å². The van der Waals surface area contributed by atoms with Gasteiger partial charge in [-0.1, -0.05) is 11.3 Å². The molecule has 0 aliphatic rings. The van der Waals surface area contributed by atoms with Gasteiger partial charge in [-0.05, 0) is 18.2 Å². The van der Waals surface area contributed by atoms with Crippen LogP contribution in [0.4, 0.5) is 9.52 Å². The number of benzene rings is 1. The molecule has 6 heteroatoms. The third kappa shape index (κ3) is 2.34. The SMILES string of the molecule is COCC(=O)Nc1nc2ccc(F)cc2s1. The summed E-state index contributed by atoms with van der Waals surface area (Å²) >= 11 is 1.23. The summed E-state index contributed by atoms with van der Waals surface area (Å²) in [6, 6.07) is 4.30. The molecule has 1 amide bonds. The second-order valence-corrected chi connectivity index (χ2v) is 4.14. The largest absolute Gasteiger partial charge is 0.375 e. The van der Waals surface area contributed by atoms with Gasteiger partial charge >= 0.3 is 0 Å². The molecule has 0 saturated heterocycles. The molecule has 4 nitrogen and oxygen atoms in total. The van der Waals surface area contributed by atoms with E-state index in [0.717, 1.165) is 0 Å². The fourth-order valence-corrected chi connectivity index (χ4v) is 2.15. The van der Waals surface area contributed by atoms with E-state index >= 15 is 0 Å². The maximum atomic E-state index is 12.9. The number of anilines is 1. The first-order valence-electron chi connectivity index (χ1n) is 4.54. The van der Waals surface area contributed by atoms with Gasteiger partial charge in [0.05, 0.1) is 10.2 Å². The van der Waals surface area contributed by atoms with Crippen LogP contribution in [0.25, 0.3) is 10.2 Å². The highest BCUT2D eigenvalue weighted by Crippen LogP contribution is 2.26. The second kappa shape index (κ2) is 4.54. The number of nitrogens with one attached hydrogen (secondary N) is 1. The van der Waals surface area contributed by atoms with Crippen LogP contribution in [0, 0.1) is 5.82 Å². The maximum absolute atomic E-state index is 12.9. The number of amides is 1. The first kappa shape index (κ1) is 11.0. The van der Waals surface area contributed by atoms with E-state index < -0.39 is 0 Å². The third-order valence-electron chi connectivity index (χ3n) is 1.87. The average Bonchev–Trinajstić information content (AvgIpc) is 2.59. The summed E-state index contributed by atoms with van der Waals surface area (Å²) < 4.78 is 18.3. The number of aromatic nitrogens is 1. The van der Waals surface area contributed by atoms with Crippen LogP contribution in [0.5, 0.6) is 0 Å². The molecular weight excluding hydrogens is 231 g/mol. The van der Waals surface area contributed by atoms with E-state index in [1.807, 2.05) is 0 Å². The van der Waals surface area contributed by atoms with E-state index in [-0.39, 0.29) is 18.3 Å². The Bertz CT molecular complexity index is 527. The Morgan fingerprint density at radius 2 is 2.44 bits per heavy atom. The lowest BCUT2D eigenvalue weighted by molar-refractivity contribution is -0.119. The van der Waals surface area contributed by atoms with Gasteiger partial charge in [-0.25, -0.2) is 9.37 Å². The minimum Gasteiger partial charge on any atom is -0.375 e. The summed E-state index contributed by atoms with van der Waals surface area (Å²) in [5.74, 6) is -0.590. The summed E-state index contributed by atoms with van der Waals surface area (Å²) in [5, 5.41) is 3.02. The number of hydrogen-bond acceptors (Lipinski definition) is 4. The monoisotopic (exact) mass is 240 g/mol. The summed E-state index contributed by atoms with van der Waals surface area (Å²) in [4.78, 5) is 15.4. The van der Waals surface area contributed by atoms with Gasteiger partial charge in [0.1, 0.15) is 12.4 Å². The highest BCUT2D eigenvalue weighted by Gasteiger charge is 2.07. The highest BCUT2D eigenvalue weighted by atomic mass is 32.1. The van der Waals surface area contributed by atoms with Crippen molar-refractivity contribution in [3.05, 3.63) is 24.0 Å². The predicted octanol–water partition coefficient (Wildman–Crippen LogP) is 2.02. The number of ether oxygens (including phenoxy) is 1. The zero-order valence-electron chi connectivity index (χ0n) is 8.49. The molecule has 0 atom stereocenters. The van der Waals surface area contributed by atoms with Gasteiger partial charge in [-0.15, -0.1) is 0 Å². The van der Waals surface area contributed by atoms with Crippen LogP contribution in [-0.2, 0) is 9.53 Å². The van der Waals surface area contributed by atoms with Gasteiger partial charge in [0.2, 0.25) is 0 Å². The standard InChI is InChI=1S/C10H9FN2O2S/c1-15-5-9(14)13-10-12-7-3-2-6(11)4-8(7)16-10/h2-4H,5H2,1H3,(H,12,13,14). The van der Waals surface area contributed by atoms with Crippen LogP contribution < -0.4 is 5.32 Å². The molecule has 1 heterocycles. The summed E-state index contributed by atoms with van der Waals surface area (Å²) in [6.45, 7) is -0.0235. The lowest BCUT2D eigenvalue weighted by atomic mass is 10.3. The van der Waals surface area contributed by atoms with E-state index in [4.69, 9.17) is 0 Å². The molecule has 0 fully saturated rings. The molecule has 2 aromatic rings. The molecule has 0 bridgehead atoms. The lowest BCUT2D eigenvalue weighted by Crippen LogP contribution is -2.16. The summed E-state index contributed by atoms with van der Waals surface area (Å²) in [6.07, 6.45) is 0. The van der Waals surface area contributed by atoms with Crippen molar-refractivity contribution in [2.75, 3.05) is 19.0 Å². The first-order valence-corrected chi connectivity index (χ1v) is 5.35. The van der Waals surface area contributed by atoms with E-state index in [1.165, 1.54) is 30.6 Å². The molecule has 16 heavy (non-hydrogen) atoms. The number of nitrogens with zero attached hydrogens (tertiary/aromatic N) is 1. The topological polar surface area (TPSA) is 51.2 Å². The van der Waals surface area contributed by atoms with Crippen molar-refractivity contribution >= 4 is 32.6 Å². The molecule has 1 N–H and O–H groups in total. The number of fused-ring (bicyclic) bond motifs is 1. The van der Waals surface area contributed by atoms with Crippen molar-refractivity contribution in [1.82, 2.24) is 4.98 Å². The van der Waals surface area contributed by atoms with E-state index in [0.29, 0.717) is 15.3 Å². The van der Waals surface area contributed by atoms with Gasteiger partial charge in [0, 0.05) is 7.11 Å². The Morgan fingerprint density at radius 1 is 1.62 bits per heavy atom. The van der Waals surface area contributed by atoms with Crippen LogP contribution in [-0.4, -0.2) is 24.6 Å². The molecule has 1 aromatic heterocycles. The smallest absolute Gasteiger partial charge is 0.252 e. The molecule has 1 aromatic carbocycles. The van der Waals surface area contributed by atoms with E-state index in [2.05, 4.69) is 15.0 Å². The van der Waals surface area contributed by atoms with Gasteiger partial charge in [0.15, 0.2) is 5.13 Å². The molecule has 2 rings (SSSR count). The number of carbonyl (C=O) groups is 1. The Labute approximate surface area is 95.1 Å². The Balaban J connectivity index is 2.23. The van der Waals surface area contributed by atoms with Crippen molar-refractivity contribution in [3.8, 4) is 0 Å². The Kier molecular flexibility index (Phi) is 3.12. The number of carbonyl (C=O) groups excluding carboxylic acids is 1. The van der Waals surface area contributed by atoms with Crippen LogP contribution in [0.3, 0.4) is 0 Å². The molecule has 84 valence electrons. The average molecular weight is 240 g/mol. The van der Waals surface area contributed by atoms with Crippen molar-refractivity contribution in [2.45, 2.75) is 0 Å². The molecular formula is C10H9FN2O2S. The molecule has 0 saturated carbocycles. The first-order chi connectivity index (χ1) is 7.69. The minimum atomic E-state index is -0.314. The van der Waals surface area contributed by atoms with Gasteiger partial charge in [-0.3, -0.25) is 10.1 Å². The fourth-order valence-electron chi connectivity index (χ4n) is 1.24. The van der Waals surface area contributed by atoms with Crippen molar-refractivity contribution in [2.24, 2.45) is 0 Å². The second-order valence-electron chi connectivity index (χ2n) is 3.11. The molecule has 0 unspecified atom stereocenters. The van der Waals surface area contributed by atoms with Crippen molar-refractivity contribution < 1.29 is 13.9 Å². The zero-order valence-corrected chi connectivity index (χ0v) is 9.31. The normalized spacial score (nSPS) is 10.6. The number of hydrogen-bond donors (Lipinski definition) is 1. The van der Waals surface area contributed by atoms with Gasteiger partial charge in [0.25, 0.3) is 5.91 Å². The zero-order chi connectivity index (χ0) is 11.5. The Hall–Kier alpha value is -1.53. The van der Waals surface area contributed by atoms with Crippen molar-refractivity contribution in [3.63, 3.8) is 0 Å². The number of thiazole rings is 1. The lowest BCUT2D eigenvalue weighted by Gasteiger charge is -1.98.